The minimum absolute atomic E-state index is 0.0903. The predicted molar refractivity (Wildman–Crippen MR) is 151 cm³/mol. The Bertz CT molecular complexity index is 890. The number of hydrazone groups is 1. The van der Waals surface area contributed by atoms with E-state index in [-0.39, 0.29) is 17.8 Å². The third-order valence-electron chi connectivity index (χ3n) is 4.87. The van der Waals surface area contributed by atoms with E-state index in [0.29, 0.717) is 49.7 Å². The van der Waals surface area contributed by atoms with Crippen molar-refractivity contribution in [1.82, 2.24) is 15.5 Å². The van der Waals surface area contributed by atoms with Crippen molar-refractivity contribution >= 4 is 11.9 Å². The molecule has 0 unspecified atom stereocenters. The predicted octanol–water partition coefficient (Wildman–Crippen LogP) is 3.15. The van der Waals surface area contributed by atoms with Gasteiger partial charge in [0, 0.05) is 61.7 Å². The lowest BCUT2D eigenvalue weighted by Crippen LogP contribution is -2.39. The molecule has 1 aromatic carbocycles. The molecule has 8 N–H and O–H groups in total. The summed E-state index contributed by atoms with van der Waals surface area (Å²) in [6.45, 7) is 14.0. The molecule has 8 nitrogen and oxygen atoms in total. The monoisotopic (exact) mass is 502 g/mol. The van der Waals surface area contributed by atoms with Gasteiger partial charge in [-0.1, -0.05) is 24.3 Å². The van der Waals surface area contributed by atoms with Crippen molar-refractivity contribution in [2.45, 2.75) is 72.0 Å². The highest BCUT2D eigenvalue weighted by molar-refractivity contribution is 6.31. The van der Waals surface area contributed by atoms with Gasteiger partial charge in [-0.05, 0) is 65.5 Å². The maximum Gasteiger partial charge on any atom is 0.0918 e. The summed E-state index contributed by atoms with van der Waals surface area (Å²) in [5.41, 5.74) is 16.5. The number of nitrogens with zero attached hydrogens (tertiary/aromatic N) is 3. The maximum atomic E-state index is 12.4. The fraction of sp³-hybridized carbons (Fsp3) is 0.556. The molecule has 0 spiro atoms. The molecule has 9 heteroatoms. The van der Waals surface area contributed by atoms with E-state index in [1.165, 1.54) is 0 Å². The minimum atomic E-state index is -0.291. The molecule has 0 aliphatic heterocycles. The smallest absolute Gasteiger partial charge is 0.0918 e. The van der Waals surface area contributed by atoms with E-state index < -0.39 is 0 Å². The van der Waals surface area contributed by atoms with Gasteiger partial charge in [0.2, 0.25) is 0 Å². The van der Waals surface area contributed by atoms with Crippen molar-refractivity contribution in [2.24, 2.45) is 27.4 Å². The molecule has 36 heavy (non-hydrogen) atoms. The first-order valence-corrected chi connectivity index (χ1v) is 12.4. The Kier molecular flexibility index (Phi) is 13.0. The second-order valence-corrected chi connectivity index (χ2v) is 11.0. The Morgan fingerprint density at radius 2 is 1.53 bits per heavy atom. The molecule has 0 fully saturated rings. The van der Waals surface area contributed by atoms with Gasteiger partial charge in [-0.3, -0.25) is 14.3 Å². The van der Waals surface area contributed by atoms with Crippen LogP contribution in [-0.2, 0) is 13.0 Å². The largest absolute Gasteiger partial charge is 0.400 e. The summed E-state index contributed by atoms with van der Waals surface area (Å²) < 4.78 is 12.4. The topological polar surface area (TPSA) is 130 Å². The normalized spacial score (nSPS) is 14.1. The molecule has 0 saturated heterocycles. The molecule has 202 valence electrons. The summed E-state index contributed by atoms with van der Waals surface area (Å²) >= 11 is 0. The summed E-state index contributed by atoms with van der Waals surface area (Å²) in [5.74, 6) is 5.64. The summed E-state index contributed by atoms with van der Waals surface area (Å²) in [6, 6.07) is 8.16. The van der Waals surface area contributed by atoms with Gasteiger partial charge < -0.3 is 27.9 Å². The highest BCUT2D eigenvalue weighted by Crippen LogP contribution is 2.08. The van der Waals surface area contributed by atoms with Gasteiger partial charge in [0.05, 0.1) is 17.9 Å². The van der Waals surface area contributed by atoms with Crippen LogP contribution in [0, 0.1) is 0 Å². The molecule has 0 aliphatic rings. The minimum Gasteiger partial charge on any atom is -0.400 e. The molecule has 0 heterocycles. The number of aliphatic imine (C=N–C) groups is 1. The number of nitrogens with one attached hydrogen (secondary N) is 2. The number of rotatable bonds is 14. The Labute approximate surface area is 217 Å². The van der Waals surface area contributed by atoms with Crippen molar-refractivity contribution in [3.05, 3.63) is 59.2 Å². The van der Waals surface area contributed by atoms with Gasteiger partial charge in [0.15, 0.2) is 0 Å². The average Bonchev–Trinajstić information content (AvgIpc) is 2.78. The standard InChI is InChI=1S/C27H47FN8/c1-26(2,3)33-16-24(30)19-36(20-25(35-31)17-34-27(4,5)6)18-23(29)15-32-14-22-11-9-21(10-12-22)8-7-13-28/h9-12,15-17,32-33H,7-8,13-14,18-20,29-31H2,1-6H3/b23-15-,24-16-,34-17?,35-25?. The SMILES string of the molecule is CC(C)(C)N=CC(CN(C/C(N)=C/NCc1ccc(CCCF)cc1)C/C(N)=C/NC(C)(C)C)=NN. The first-order valence-electron chi connectivity index (χ1n) is 12.4. The number of halogens is 1. The highest BCUT2D eigenvalue weighted by atomic mass is 19.1. The van der Waals surface area contributed by atoms with Crippen molar-refractivity contribution in [1.29, 1.82) is 0 Å². The van der Waals surface area contributed by atoms with Crippen LogP contribution in [0.2, 0.25) is 0 Å². The third-order valence-corrected chi connectivity index (χ3v) is 4.87. The third kappa shape index (κ3) is 15.0. The number of alkyl halides is 1. The summed E-state index contributed by atoms with van der Waals surface area (Å²) in [7, 11) is 0. The lowest BCUT2D eigenvalue weighted by molar-refractivity contribution is 0.361. The number of aryl methyl sites for hydroxylation is 1. The van der Waals surface area contributed by atoms with Crippen LogP contribution in [-0.4, -0.2) is 54.2 Å². The lowest BCUT2D eigenvalue weighted by Gasteiger charge is -2.24. The second kappa shape index (κ2) is 15.1. The van der Waals surface area contributed by atoms with E-state index in [4.69, 9.17) is 17.3 Å². The van der Waals surface area contributed by atoms with Crippen LogP contribution in [0.4, 0.5) is 4.39 Å². The molecule has 0 amide bonds. The molecule has 1 aromatic rings. The van der Waals surface area contributed by atoms with Crippen molar-refractivity contribution in [2.75, 3.05) is 26.3 Å². The van der Waals surface area contributed by atoms with Crippen LogP contribution in [0.3, 0.4) is 0 Å². The van der Waals surface area contributed by atoms with E-state index in [0.717, 1.165) is 17.5 Å². The fourth-order valence-corrected chi connectivity index (χ4v) is 3.09. The van der Waals surface area contributed by atoms with E-state index in [1.54, 1.807) is 12.4 Å². The van der Waals surface area contributed by atoms with Gasteiger partial charge in [-0.15, -0.1) is 0 Å². The number of nitrogens with two attached hydrogens (primary N) is 3. The molecule has 0 aliphatic carbocycles. The van der Waals surface area contributed by atoms with Gasteiger partial charge in [0.25, 0.3) is 0 Å². The first kappa shape index (κ1) is 31.0. The van der Waals surface area contributed by atoms with Crippen LogP contribution in [0.1, 0.15) is 59.1 Å². The zero-order valence-electron chi connectivity index (χ0n) is 22.9. The van der Waals surface area contributed by atoms with Gasteiger partial charge >= 0.3 is 0 Å². The van der Waals surface area contributed by atoms with Crippen LogP contribution < -0.4 is 27.9 Å². The summed E-state index contributed by atoms with van der Waals surface area (Å²) in [6.07, 6.45) is 6.64. The van der Waals surface area contributed by atoms with Crippen LogP contribution in [0.5, 0.6) is 0 Å². The number of hydrogen-bond donors (Lipinski definition) is 5. The Morgan fingerprint density at radius 3 is 2.06 bits per heavy atom. The average molecular weight is 503 g/mol. The Morgan fingerprint density at radius 1 is 0.944 bits per heavy atom. The molecule has 0 bridgehead atoms. The fourth-order valence-electron chi connectivity index (χ4n) is 3.09. The lowest BCUT2D eigenvalue weighted by atomic mass is 10.1. The van der Waals surface area contributed by atoms with E-state index in [2.05, 4.69) is 46.4 Å². The van der Waals surface area contributed by atoms with E-state index >= 15 is 0 Å². The molecule has 0 atom stereocenters. The summed E-state index contributed by atoms with van der Waals surface area (Å²) in [4.78, 5) is 6.58. The zero-order chi connectivity index (χ0) is 27.2. The van der Waals surface area contributed by atoms with Crippen LogP contribution in [0.25, 0.3) is 0 Å². The van der Waals surface area contributed by atoms with Crippen LogP contribution >= 0.6 is 0 Å². The molecule has 0 aromatic heterocycles. The van der Waals surface area contributed by atoms with Crippen molar-refractivity contribution in [3.63, 3.8) is 0 Å². The molecule has 0 radical (unpaired) electrons. The quantitative estimate of drug-likeness (QED) is 0.151. The van der Waals surface area contributed by atoms with Crippen molar-refractivity contribution < 1.29 is 4.39 Å². The highest BCUT2D eigenvalue weighted by Gasteiger charge is 2.13. The molecule has 1 rings (SSSR count). The van der Waals surface area contributed by atoms with Crippen LogP contribution in [0.15, 0.2) is 58.2 Å². The Balaban J connectivity index is 2.84. The molecular weight excluding hydrogens is 455 g/mol. The maximum absolute atomic E-state index is 12.4. The second-order valence-electron chi connectivity index (χ2n) is 11.0. The molecule has 0 saturated carbocycles. The Hall–Kier alpha value is -3.07. The summed E-state index contributed by atoms with van der Waals surface area (Å²) in [5, 5.41) is 10.5. The van der Waals surface area contributed by atoms with E-state index in [1.807, 2.05) is 51.2 Å². The number of hydrogen-bond acceptors (Lipinski definition) is 8. The number of benzene rings is 1. The first-order chi connectivity index (χ1) is 16.8. The van der Waals surface area contributed by atoms with Gasteiger partial charge in [-0.2, -0.15) is 5.10 Å². The van der Waals surface area contributed by atoms with Crippen molar-refractivity contribution in [3.8, 4) is 0 Å². The molecular formula is C27H47FN8. The zero-order valence-corrected chi connectivity index (χ0v) is 22.9. The van der Waals surface area contributed by atoms with Gasteiger partial charge in [0.1, 0.15) is 0 Å². The van der Waals surface area contributed by atoms with E-state index in [9.17, 15) is 4.39 Å². The van der Waals surface area contributed by atoms with Gasteiger partial charge in [-0.25, -0.2) is 0 Å².